The van der Waals surface area contributed by atoms with Gasteiger partial charge in [-0.1, -0.05) is 0 Å². The van der Waals surface area contributed by atoms with Gasteiger partial charge < -0.3 is 21.1 Å². The van der Waals surface area contributed by atoms with Gasteiger partial charge in [-0.25, -0.2) is 17.8 Å². The van der Waals surface area contributed by atoms with E-state index in [-0.39, 0.29) is 41.9 Å². The van der Waals surface area contributed by atoms with Gasteiger partial charge in [-0.2, -0.15) is 14.4 Å². The van der Waals surface area contributed by atoms with Crippen molar-refractivity contribution in [2.24, 2.45) is 12.8 Å². The average molecular weight is 543 g/mol. The smallest absolute Gasteiger partial charge is 0.317 e. The van der Waals surface area contributed by atoms with Gasteiger partial charge in [0.05, 0.1) is 30.4 Å². The second-order valence-electron chi connectivity index (χ2n) is 9.41. The van der Waals surface area contributed by atoms with Gasteiger partial charge in [0.15, 0.2) is 5.82 Å². The van der Waals surface area contributed by atoms with Crippen LogP contribution in [-0.2, 0) is 17.1 Å². The van der Waals surface area contributed by atoms with Crippen LogP contribution in [0.4, 0.5) is 15.8 Å². The summed E-state index contributed by atoms with van der Waals surface area (Å²) in [5.74, 6) is -1.06. The van der Waals surface area contributed by atoms with Gasteiger partial charge in [-0.3, -0.25) is 9.48 Å². The molecule has 1 amide bonds. The van der Waals surface area contributed by atoms with Crippen LogP contribution in [0.15, 0.2) is 36.7 Å². The quantitative estimate of drug-likeness (QED) is 0.301. The molecule has 1 atom stereocenters. The van der Waals surface area contributed by atoms with Crippen molar-refractivity contribution in [1.29, 1.82) is 0 Å². The van der Waals surface area contributed by atoms with E-state index in [4.69, 9.17) is 10.5 Å². The van der Waals surface area contributed by atoms with Crippen LogP contribution in [0.3, 0.4) is 0 Å². The molecular weight excluding hydrogens is 515 g/mol. The summed E-state index contributed by atoms with van der Waals surface area (Å²) in [5, 5.41) is 11.2. The maximum Gasteiger partial charge on any atom is 0.317 e. The van der Waals surface area contributed by atoms with Gasteiger partial charge in [0.1, 0.15) is 11.6 Å². The Hall–Kier alpha value is -3.88. The van der Waals surface area contributed by atoms with Crippen molar-refractivity contribution in [3.8, 4) is 6.01 Å². The molecule has 0 spiro atoms. The lowest BCUT2D eigenvalue weighted by Gasteiger charge is -2.36. The number of hydrogen-bond acceptors (Lipinski definition) is 9. The molecule has 2 aromatic heterocycles. The Bertz CT molecular complexity index is 1650. The highest BCUT2D eigenvalue weighted by molar-refractivity contribution is 7.88. The lowest BCUT2D eigenvalue weighted by Crippen LogP contribution is -2.55. The first-order valence-electron chi connectivity index (χ1n) is 11.8. The lowest BCUT2D eigenvalue weighted by molar-refractivity contribution is 0.0684. The summed E-state index contributed by atoms with van der Waals surface area (Å²) < 4.78 is 46.4. The van der Waals surface area contributed by atoms with Crippen LogP contribution < -0.4 is 21.1 Å². The van der Waals surface area contributed by atoms with Crippen molar-refractivity contribution in [3.05, 3.63) is 48.0 Å². The topological polar surface area (TPSA) is 157 Å². The van der Waals surface area contributed by atoms with E-state index in [1.54, 1.807) is 31.4 Å². The van der Waals surface area contributed by atoms with Crippen LogP contribution in [0.1, 0.15) is 17.3 Å². The molecule has 4 aromatic rings. The molecule has 0 aliphatic carbocycles. The molecule has 200 valence electrons. The van der Waals surface area contributed by atoms with Gasteiger partial charge in [-0.15, -0.1) is 0 Å². The number of halogens is 1. The number of nitrogens with one attached hydrogen (secondary N) is 2. The minimum atomic E-state index is -3.30. The summed E-state index contributed by atoms with van der Waals surface area (Å²) in [4.78, 5) is 22.1. The van der Waals surface area contributed by atoms with Crippen molar-refractivity contribution in [3.63, 3.8) is 0 Å². The van der Waals surface area contributed by atoms with Crippen LogP contribution in [0.2, 0.25) is 0 Å². The molecule has 12 nitrogen and oxygen atoms in total. The maximum absolute atomic E-state index is 14.6. The molecule has 2 aromatic carbocycles. The number of carbonyl (C=O) groups is 1. The largest absolute Gasteiger partial charge is 0.457 e. The summed E-state index contributed by atoms with van der Waals surface area (Å²) in [6.45, 7) is 2.71. The number of anilines is 2. The third-order valence-corrected chi connectivity index (χ3v) is 7.31. The molecule has 0 bridgehead atoms. The Labute approximate surface area is 218 Å². The third-order valence-electron chi connectivity index (χ3n) is 6.08. The van der Waals surface area contributed by atoms with Gasteiger partial charge in [0.2, 0.25) is 10.0 Å². The van der Waals surface area contributed by atoms with E-state index in [1.165, 1.54) is 21.3 Å². The first kappa shape index (κ1) is 25.8. The summed E-state index contributed by atoms with van der Waals surface area (Å²) >= 11 is 0. The van der Waals surface area contributed by atoms with Crippen LogP contribution in [0.5, 0.6) is 6.01 Å². The highest BCUT2D eigenvalue weighted by Crippen LogP contribution is 2.29. The van der Waals surface area contributed by atoms with Crippen LogP contribution in [0, 0.1) is 5.82 Å². The predicted octanol–water partition coefficient (Wildman–Crippen LogP) is 1.69. The second kappa shape index (κ2) is 9.78. The van der Waals surface area contributed by atoms with E-state index >= 15 is 0 Å². The zero-order chi connectivity index (χ0) is 27.2. The van der Waals surface area contributed by atoms with E-state index in [2.05, 4.69) is 25.7 Å². The SMILES string of the molecule is C[C@H](N)CNc1ccc(C(=O)Nc2cc(F)c3nn(C)cc3c2)c2nc(OC3CN(S(C)(=O)=O)C3)ncc12. The molecule has 0 saturated carbocycles. The number of aromatic nitrogens is 4. The average Bonchev–Trinajstić information content (AvgIpc) is 3.19. The minimum absolute atomic E-state index is 0.0110. The number of hydrogen-bond donors (Lipinski definition) is 3. The molecule has 0 unspecified atom stereocenters. The normalized spacial score (nSPS) is 15.4. The Morgan fingerprint density at radius 1 is 1.29 bits per heavy atom. The molecule has 3 heterocycles. The Kier molecular flexibility index (Phi) is 6.63. The number of ether oxygens (including phenoxy) is 1. The van der Waals surface area contributed by atoms with Crippen molar-refractivity contribution in [2.45, 2.75) is 19.1 Å². The number of aryl methyl sites for hydroxylation is 1. The number of nitrogens with two attached hydrogens (primary N) is 1. The fraction of sp³-hybridized carbons (Fsp3) is 0.333. The minimum Gasteiger partial charge on any atom is -0.457 e. The van der Waals surface area contributed by atoms with Crippen molar-refractivity contribution >= 4 is 49.1 Å². The zero-order valence-electron chi connectivity index (χ0n) is 21.0. The molecule has 14 heteroatoms. The Morgan fingerprint density at radius 2 is 2.05 bits per heavy atom. The number of sulfonamides is 1. The summed E-state index contributed by atoms with van der Waals surface area (Å²) in [5.41, 5.74) is 7.56. The van der Waals surface area contributed by atoms with E-state index in [0.717, 1.165) is 6.26 Å². The number of fused-ring (bicyclic) bond motifs is 2. The van der Waals surface area contributed by atoms with Crippen LogP contribution in [0.25, 0.3) is 21.8 Å². The van der Waals surface area contributed by atoms with Crippen LogP contribution in [-0.4, -0.2) is 76.4 Å². The molecule has 1 fully saturated rings. The van der Waals surface area contributed by atoms with Gasteiger partial charge >= 0.3 is 6.01 Å². The molecule has 4 N–H and O–H groups in total. The fourth-order valence-electron chi connectivity index (χ4n) is 4.15. The number of benzene rings is 2. The van der Waals surface area contributed by atoms with E-state index in [9.17, 15) is 17.6 Å². The van der Waals surface area contributed by atoms with Crippen LogP contribution >= 0.6 is 0 Å². The van der Waals surface area contributed by atoms with Gasteiger partial charge in [0.25, 0.3) is 5.91 Å². The molecule has 0 radical (unpaired) electrons. The van der Waals surface area contributed by atoms with E-state index < -0.39 is 27.9 Å². The predicted molar refractivity (Wildman–Crippen MR) is 141 cm³/mol. The van der Waals surface area contributed by atoms with Crippen molar-refractivity contribution in [2.75, 3.05) is 36.5 Å². The number of carbonyl (C=O) groups excluding carboxylic acids is 1. The molecule has 1 saturated heterocycles. The van der Waals surface area contributed by atoms with E-state index in [1.807, 2.05) is 6.92 Å². The van der Waals surface area contributed by atoms with Gasteiger partial charge in [0, 0.05) is 54.2 Å². The standard InChI is InChI=1S/C24H27FN8O4S/c1-13(26)8-27-20-5-4-17(23(34)29-15-6-14-10-32(2)31-21(14)19(25)7-15)22-18(20)9-28-24(30-22)37-16-11-33(12-16)38(3,35)36/h4-7,9-10,13,16,27H,8,11-12,26H2,1-3H3,(H,29,34)/t13-/m0/s1. The Morgan fingerprint density at radius 3 is 2.76 bits per heavy atom. The monoisotopic (exact) mass is 542 g/mol. The number of amides is 1. The fourth-order valence-corrected chi connectivity index (χ4v) is 5.02. The molecule has 1 aliphatic heterocycles. The van der Waals surface area contributed by atoms with Gasteiger partial charge in [-0.05, 0) is 31.2 Å². The molecular formula is C24H27FN8O4S. The first-order valence-corrected chi connectivity index (χ1v) is 13.7. The molecule has 38 heavy (non-hydrogen) atoms. The first-order chi connectivity index (χ1) is 18.0. The zero-order valence-corrected chi connectivity index (χ0v) is 21.8. The van der Waals surface area contributed by atoms with E-state index in [0.29, 0.717) is 28.5 Å². The number of nitrogens with zero attached hydrogens (tertiary/aromatic N) is 5. The number of rotatable bonds is 8. The highest BCUT2D eigenvalue weighted by Gasteiger charge is 2.35. The second-order valence-corrected chi connectivity index (χ2v) is 11.4. The van der Waals surface area contributed by atoms with Crippen molar-refractivity contribution in [1.82, 2.24) is 24.1 Å². The molecule has 5 rings (SSSR count). The lowest BCUT2D eigenvalue weighted by atomic mass is 10.1. The maximum atomic E-state index is 14.6. The summed E-state index contributed by atoms with van der Waals surface area (Å²) in [6.07, 6.45) is 3.92. The third kappa shape index (κ3) is 5.23. The molecule has 1 aliphatic rings. The van der Waals surface area contributed by atoms with Crippen molar-refractivity contribution < 1.29 is 22.3 Å². The highest BCUT2D eigenvalue weighted by atomic mass is 32.2. The Balaban J connectivity index is 1.46. The summed E-state index contributed by atoms with van der Waals surface area (Å²) in [6, 6.07) is 6.07. The summed E-state index contributed by atoms with van der Waals surface area (Å²) in [7, 11) is -1.61.